The molecule has 2 aromatic carbocycles. The molecule has 0 aliphatic carbocycles. The first-order valence-electron chi connectivity index (χ1n) is 7.52. The van der Waals surface area contributed by atoms with E-state index < -0.39 is 0 Å². The molecule has 0 unspecified atom stereocenters. The maximum atomic E-state index is 5.90. The molecule has 0 fully saturated rings. The molecule has 0 spiro atoms. The van der Waals surface area contributed by atoms with Crippen LogP contribution in [0.4, 0.5) is 0 Å². The van der Waals surface area contributed by atoms with E-state index in [2.05, 4.69) is 34.8 Å². The molecule has 3 rings (SSSR count). The molecule has 0 saturated heterocycles. The standard InChI is InChI=1S/C18H18BrNO3/c1-12(2)10-22-18-20-16-15(9-8-14(19)17(16)23-18)21-11-13-6-4-3-5-7-13/h3-9,12H,10-11H2,1-2H3. The topological polar surface area (TPSA) is 44.5 Å². The third-order valence-corrected chi connectivity index (χ3v) is 3.84. The van der Waals surface area contributed by atoms with E-state index in [0.717, 1.165) is 10.0 Å². The van der Waals surface area contributed by atoms with Crippen LogP contribution in [0.2, 0.25) is 0 Å². The summed E-state index contributed by atoms with van der Waals surface area (Å²) in [6, 6.07) is 13.8. The van der Waals surface area contributed by atoms with Crippen LogP contribution in [0, 0.1) is 5.92 Å². The fourth-order valence-electron chi connectivity index (χ4n) is 2.08. The molecule has 1 aromatic heterocycles. The second-order valence-electron chi connectivity index (χ2n) is 5.68. The van der Waals surface area contributed by atoms with Crippen LogP contribution in [0.3, 0.4) is 0 Å². The quantitative estimate of drug-likeness (QED) is 0.593. The first-order chi connectivity index (χ1) is 11.1. The Morgan fingerprint density at radius 2 is 1.87 bits per heavy atom. The number of oxazole rings is 1. The zero-order chi connectivity index (χ0) is 16.2. The molecule has 0 amide bonds. The van der Waals surface area contributed by atoms with Crippen LogP contribution in [0.15, 0.2) is 51.4 Å². The summed E-state index contributed by atoms with van der Waals surface area (Å²) in [5.41, 5.74) is 2.40. The van der Waals surface area contributed by atoms with E-state index in [9.17, 15) is 0 Å². The Kier molecular flexibility index (Phi) is 4.86. The lowest BCUT2D eigenvalue weighted by molar-refractivity contribution is 0.207. The van der Waals surface area contributed by atoms with Crippen LogP contribution in [-0.2, 0) is 6.61 Å². The van der Waals surface area contributed by atoms with Crippen LogP contribution in [0.25, 0.3) is 11.1 Å². The average molecular weight is 376 g/mol. The lowest BCUT2D eigenvalue weighted by Crippen LogP contribution is -2.04. The van der Waals surface area contributed by atoms with E-state index in [1.54, 1.807) is 0 Å². The van der Waals surface area contributed by atoms with Gasteiger partial charge in [0.25, 0.3) is 0 Å². The molecule has 1 heterocycles. The third kappa shape index (κ3) is 3.85. The van der Waals surface area contributed by atoms with Crippen molar-refractivity contribution in [1.82, 2.24) is 4.98 Å². The van der Waals surface area contributed by atoms with Crippen LogP contribution in [-0.4, -0.2) is 11.6 Å². The summed E-state index contributed by atoms with van der Waals surface area (Å²) in [6.07, 6.45) is 0.269. The Hall–Kier alpha value is -2.01. The number of nitrogens with zero attached hydrogens (tertiary/aromatic N) is 1. The van der Waals surface area contributed by atoms with E-state index in [1.807, 2.05) is 42.5 Å². The number of benzene rings is 2. The van der Waals surface area contributed by atoms with Gasteiger partial charge >= 0.3 is 6.08 Å². The average Bonchev–Trinajstić information content (AvgIpc) is 2.99. The predicted octanol–water partition coefficient (Wildman–Crippen LogP) is 5.20. The third-order valence-electron chi connectivity index (χ3n) is 3.22. The monoisotopic (exact) mass is 375 g/mol. The fraction of sp³-hybridized carbons (Fsp3) is 0.278. The van der Waals surface area contributed by atoms with E-state index in [4.69, 9.17) is 13.9 Å². The summed E-state index contributed by atoms with van der Waals surface area (Å²) < 4.78 is 18.0. The van der Waals surface area contributed by atoms with Gasteiger partial charge in [-0.2, -0.15) is 4.98 Å². The Balaban J connectivity index is 1.83. The maximum Gasteiger partial charge on any atom is 0.394 e. The number of halogens is 1. The molecule has 0 bridgehead atoms. The van der Waals surface area contributed by atoms with Crippen molar-refractivity contribution in [3.05, 3.63) is 52.5 Å². The van der Waals surface area contributed by atoms with Gasteiger partial charge in [0, 0.05) is 0 Å². The minimum atomic E-state index is 0.269. The second kappa shape index (κ2) is 7.04. The highest BCUT2D eigenvalue weighted by molar-refractivity contribution is 9.10. The van der Waals surface area contributed by atoms with E-state index in [-0.39, 0.29) is 6.08 Å². The Bertz CT molecular complexity index is 784. The molecule has 5 heteroatoms. The van der Waals surface area contributed by atoms with Crippen molar-refractivity contribution in [2.24, 2.45) is 5.92 Å². The van der Waals surface area contributed by atoms with Crippen molar-refractivity contribution in [1.29, 1.82) is 0 Å². The molecule has 4 nitrogen and oxygen atoms in total. The van der Waals surface area contributed by atoms with Crippen LogP contribution >= 0.6 is 15.9 Å². The lowest BCUT2D eigenvalue weighted by atomic mass is 10.2. The molecule has 0 aliphatic heterocycles. The van der Waals surface area contributed by atoms with Crippen molar-refractivity contribution in [2.45, 2.75) is 20.5 Å². The molecule has 0 saturated carbocycles. The zero-order valence-electron chi connectivity index (χ0n) is 13.1. The molecule has 0 atom stereocenters. The molecule has 120 valence electrons. The molecule has 3 aromatic rings. The highest BCUT2D eigenvalue weighted by Gasteiger charge is 2.15. The number of ether oxygens (including phenoxy) is 2. The number of hydrogen-bond donors (Lipinski definition) is 0. The molecular formula is C18H18BrNO3. The minimum Gasteiger partial charge on any atom is -0.486 e. The van der Waals surface area contributed by atoms with Gasteiger partial charge < -0.3 is 13.9 Å². The SMILES string of the molecule is CC(C)COc1nc2c(OCc3ccccc3)ccc(Br)c2o1. The first-order valence-corrected chi connectivity index (χ1v) is 8.31. The second-order valence-corrected chi connectivity index (χ2v) is 6.54. The molecule has 23 heavy (non-hydrogen) atoms. The summed E-state index contributed by atoms with van der Waals surface area (Å²) >= 11 is 3.48. The Morgan fingerprint density at radius 1 is 1.09 bits per heavy atom. The van der Waals surface area contributed by atoms with Gasteiger partial charge in [0.1, 0.15) is 12.4 Å². The van der Waals surface area contributed by atoms with Gasteiger partial charge in [-0.25, -0.2) is 0 Å². The first kappa shape index (κ1) is 15.9. The number of rotatable bonds is 6. The van der Waals surface area contributed by atoms with Gasteiger partial charge in [0.15, 0.2) is 11.1 Å². The highest BCUT2D eigenvalue weighted by atomic mass is 79.9. The van der Waals surface area contributed by atoms with Gasteiger partial charge in [-0.15, -0.1) is 0 Å². The van der Waals surface area contributed by atoms with Crippen molar-refractivity contribution < 1.29 is 13.9 Å². The van der Waals surface area contributed by atoms with Gasteiger partial charge in [-0.3, -0.25) is 0 Å². The van der Waals surface area contributed by atoms with Crippen LogP contribution < -0.4 is 9.47 Å². The zero-order valence-corrected chi connectivity index (χ0v) is 14.7. The van der Waals surface area contributed by atoms with Gasteiger partial charge in [-0.1, -0.05) is 44.2 Å². The number of hydrogen-bond acceptors (Lipinski definition) is 4. The van der Waals surface area contributed by atoms with Crippen molar-refractivity contribution in [3.8, 4) is 11.8 Å². The summed E-state index contributed by atoms with van der Waals surface area (Å²) in [4.78, 5) is 4.41. The van der Waals surface area contributed by atoms with Crippen molar-refractivity contribution in [2.75, 3.05) is 6.61 Å². The summed E-state index contributed by atoms with van der Waals surface area (Å²) in [7, 11) is 0. The maximum absolute atomic E-state index is 5.90. The number of aromatic nitrogens is 1. The molecule has 0 aliphatic rings. The highest BCUT2D eigenvalue weighted by Crippen LogP contribution is 2.34. The van der Waals surface area contributed by atoms with Crippen LogP contribution in [0.1, 0.15) is 19.4 Å². The number of fused-ring (bicyclic) bond motifs is 1. The van der Waals surface area contributed by atoms with Gasteiger partial charge in [0.2, 0.25) is 0 Å². The summed E-state index contributed by atoms with van der Waals surface area (Å²) in [5, 5.41) is 0. The van der Waals surface area contributed by atoms with Crippen molar-refractivity contribution >= 4 is 27.0 Å². The van der Waals surface area contributed by atoms with E-state index in [1.165, 1.54) is 0 Å². The largest absolute Gasteiger partial charge is 0.486 e. The van der Waals surface area contributed by atoms with E-state index in [0.29, 0.717) is 36.0 Å². The summed E-state index contributed by atoms with van der Waals surface area (Å²) in [6.45, 7) is 5.19. The summed E-state index contributed by atoms with van der Waals surface area (Å²) in [5.74, 6) is 1.08. The van der Waals surface area contributed by atoms with Gasteiger partial charge in [-0.05, 0) is 39.5 Å². The smallest absolute Gasteiger partial charge is 0.394 e. The van der Waals surface area contributed by atoms with E-state index >= 15 is 0 Å². The Morgan fingerprint density at radius 3 is 2.61 bits per heavy atom. The minimum absolute atomic E-state index is 0.269. The lowest BCUT2D eigenvalue weighted by Gasteiger charge is -2.06. The Labute approximate surface area is 143 Å². The normalized spacial score (nSPS) is 11.1. The molecule has 0 N–H and O–H groups in total. The van der Waals surface area contributed by atoms with Crippen molar-refractivity contribution in [3.63, 3.8) is 0 Å². The fourth-order valence-corrected chi connectivity index (χ4v) is 2.49. The predicted molar refractivity (Wildman–Crippen MR) is 92.8 cm³/mol. The van der Waals surface area contributed by atoms with Crippen LogP contribution in [0.5, 0.6) is 11.8 Å². The molecular weight excluding hydrogens is 358 g/mol. The van der Waals surface area contributed by atoms with Gasteiger partial charge in [0.05, 0.1) is 11.1 Å². The molecule has 0 radical (unpaired) electrons.